The van der Waals surface area contributed by atoms with Crippen molar-refractivity contribution in [2.75, 3.05) is 13.0 Å². The van der Waals surface area contributed by atoms with Crippen LogP contribution in [0.4, 0.5) is 0 Å². The number of ether oxygens (including phenoxy) is 1. The maximum Gasteiger partial charge on any atom is 0.350 e. The molecule has 5 N–H and O–H groups in total. The maximum absolute atomic E-state index is 11.7. The first-order valence-corrected chi connectivity index (χ1v) is 7.47. The standard InChI is InChI=1S/C9H14N5O5P/c10-3-6-12-8-7(9(15)13-6)11-4-14(8)1-2-19-5-20(16,17)18/h4H,1-3,5,10H2,(H,12,13,15)(H2,16,17,18). The quantitative estimate of drug-likeness (QED) is 0.380. The largest absolute Gasteiger partial charge is 0.367 e. The van der Waals surface area contributed by atoms with Crippen LogP contribution in [0.5, 0.6) is 0 Å². The van der Waals surface area contributed by atoms with E-state index >= 15 is 0 Å². The number of hydrogen-bond donors (Lipinski definition) is 4. The number of imidazole rings is 1. The number of fused-ring (bicyclic) bond motifs is 1. The molecule has 110 valence electrons. The number of nitrogens with two attached hydrogens (primary N) is 1. The highest BCUT2D eigenvalue weighted by Gasteiger charge is 2.13. The zero-order valence-electron chi connectivity index (χ0n) is 10.4. The third kappa shape index (κ3) is 3.50. The van der Waals surface area contributed by atoms with Gasteiger partial charge in [-0.25, -0.2) is 9.97 Å². The van der Waals surface area contributed by atoms with Crippen molar-refractivity contribution >= 4 is 18.8 Å². The van der Waals surface area contributed by atoms with Crippen LogP contribution in [0.1, 0.15) is 5.82 Å². The normalized spacial score (nSPS) is 12.2. The van der Waals surface area contributed by atoms with Gasteiger partial charge < -0.3 is 29.8 Å². The topological polar surface area (TPSA) is 156 Å². The Labute approximate surface area is 112 Å². The van der Waals surface area contributed by atoms with Gasteiger partial charge in [0.15, 0.2) is 11.2 Å². The monoisotopic (exact) mass is 303 g/mol. The van der Waals surface area contributed by atoms with Crippen LogP contribution in [-0.2, 0) is 22.4 Å². The molecule has 0 aromatic carbocycles. The number of nitrogens with zero attached hydrogens (tertiary/aromatic N) is 3. The number of nitrogens with one attached hydrogen (secondary N) is 1. The lowest BCUT2D eigenvalue weighted by Crippen LogP contribution is -2.16. The molecule has 0 bridgehead atoms. The van der Waals surface area contributed by atoms with Gasteiger partial charge in [0.1, 0.15) is 12.2 Å². The molecule has 2 rings (SSSR count). The lowest BCUT2D eigenvalue weighted by molar-refractivity contribution is 0.149. The van der Waals surface area contributed by atoms with Crippen LogP contribution in [0.2, 0.25) is 0 Å². The first-order chi connectivity index (χ1) is 9.40. The SMILES string of the molecule is NCc1nc2c(ncn2CCOCP(=O)(O)O)c(=O)[nH]1. The Bertz CT molecular complexity index is 704. The fraction of sp³-hybridized carbons (Fsp3) is 0.444. The molecule has 0 aliphatic rings. The summed E-state index contributed by atoms with van der Waals surface area (Å²) < 4.78 is 17.0. The van der Waals surface area contributed by atoms with Crippen LogP contribution in [0.15, 0.2) is 11.1 Å². The smallest absolute Gasteiger partial charge is 0.350 e. The molecular formula is C9H14N5O5P. The Kier molecular flexibility index (Phi) is 4.31. The molecular weight excluding hydrogens is 289 g/mol. The zero-order valence-corrected chi connectivity index (χ0v) is 11.3. The maximum atomic E-state index is 11.7. The summed E-state index contributed by atoms with van der Waals surface area (Å²) in [7, 11) is -4.18. The molecule has 2 aromatic heterocycles. The average molecular weight is 303 g/mol. The third-order valence-corrected chi connectivity index (χ3v) is 2.97. The van der Waals surface area contributed by atoms with Crippen LogP contribution in [0.3, 0.4) is 0 Å². The Morgan fingerprint density at radius 3 is 2.90 bits per heavy atom. The van der Waals surface area contributed by atoms with Gasteiger partial charge in [-0.15, -0.1) is 0 Å². The second-order valence-electron chi connectivity index (χ2n) is 4.03. The number of hydrogen-bond acceptors (Lipinski definition) is 6. The summed E-state index contributed by atoms with van der Waals surface area (Å²) in [5.74, 6) is 0.334. The van der Waals surface area contributed by atoms with E-state index in [0.717, 1.165) is 0 Å². The minimum Gasteiger partial charge on any atom is -0.367 e. The summed E-state index contributed by atoms with van der Waals surface area (Å²) in [6.07, 6.45) is 0.760. The predicted octanol–water partition coefficient (Wildman–Crippen LogP) is -1.27. The van der Waals surface area contributed by atoms with Gasteiger partial charge in [0.05, 0.1) is 19.5 Å². The van der Waals surface area contributed by atoms with E-state index in [-0.39, 0.29) is 30.8 Å². The van der Waals surface area contributed by atoms with E-state index in [1.807, 2.05) is 0 Å². The van der Waals surface area contributed by atoms with Gasteiger partial charge in [0.2, 0.25) is 0 Å². The van der Waals surface area contributed by atoms with Crippen molar-refractivity contribution in [1.82, 2.24) is 19.5 Å². The van der Waals surface area contributed by atoms with Crippen LogP contribution >= 0.6 is 7.60 Å². The Morgan fingerprint density at radius 2 is 2.25 bits per heavy atom. The molecule has 2 heterocycles. The first-order valence-electron chi connectivity index (χ1n) is 5.67. The summed E-state index contributed by atoms with van der Waals surface area (Å²) in [4.78, 5) is 39.5. The zero-order chi connectivity index (χ0) is 14.8. The molecule has 0 fully saturated rings. The predicted molar refractivity (Wildman–Crippen MR) is 68.9 cm³/mol. The molecule has 0 atom stereocenters. The number of aromatic amines is 1. The first kappa shape index (κ1) is 14.8. The number of H-pyrrole nitrogens is 1. The van der Waals surface area contributed by atoms with E-state index in [1.54, 1.807) is 4.57 Å². The second kappa shape index (κ2) is 5.81. The molecule has 0 saturated heterocycles. The van der Waals surface area contributed by atoms with Crippen molar-refractivity contribution < 1.29 is 19.1 Å². The number of rotatable bonds is 6. The highest BCUT2D eigenvalue weighted by molar-refractivity contribution is 7.51. The summed E-state index contributed by atoms with van der Waals surface area (Å²) in [5, 5.41) is 0. The van der Waals surface area contributed by atoms with Gasteiger partial charge in [-0.3, -0.25) is 9.36 Å². The van der Waals surface area contributed by atoms with Crippen molar-refractivity contribution in [3.8, 4) is 0 Å². The molecule has 0 aliphatic heterocycles. The van der Waals surface area contributed by atoms with Crippen molar-refractivity contribution in [1.29, 1.82) is 0 Å². The lowest BCUT2D eigenvalue weighted by Gasteiger charge is -2.07. The summed E-state index contributed by atoms with van der Waals surface area (Å²) in [6, 6.07) is 0. The Hall–Kier alpha value is -1.58. The van der Waals surface area contributed by atoms with E-state index in [9.17, 15) is 9.36 Å². The van der Waals surface area contributed by atoms with Gasteiger partial charge in [0, 0.05) is 6.54 Å². The fourth-order valence-corrected chi connectivity index (χ4v) is 1.97. The minimum atomic E-state index is -4.18. The molecule has 10 nitrogen and oxygen atoms in total. The molecule has 11 heteroatoms. The average Bonchev–Trinajstić information content (AvgIpc) is 2.77. The van der Waals surface area contributed by atoms with Crippen LogP contribution in [-0.4, -0.2) is 42.3 Å². The summed E-state index contributed by atoms with van der Waals surface area (Å²) >= 11 is 0. The summed E-state index contributed by atoms with van der Waals surface area (Å²) in [5.41, 5.74) is 5.57. The van der Waals surface area contributed by atoms with E-state index in [0.29, 0.717) is 11.5 Å². The third-order valence-electron chi connectivity index (χ3n) is 2.45. The Morgan fingerprint density at radius 1 is 1.50 bits per heavy atom. The van der Waals surface area contributed by atoms with E-state index in [2.05, 4.69) is 15.0 Å². The van der Waals surface area contributed by atoms with Crippen molar-refractivity contribution in [2.45, 2.75) is 13.1 Å². The summed E-state index contributed by atoms with van der Waals surface area (Å²) in [6.45, 7) is 0.408. The second-order valence-corrected chi connectivity index (χ2v) is 5.62. The molecule has 0 unspecified atom stereocenters. The van der Waals surface area contributed by atoms with Crippen molar-refractivity contribution in [3.05, 3.63) is 22.5 Å². The number of aromatic nitrogens is 4. The molecule has 0 aliphatic carbocycles. The van der Waals surface area contributed by atoms with Gasteiger partial charge in [0.25, 0.3) is 5.56 Å². The molecule has 2 aromatic rings. The molecule has 0 spiro atoms. The highest BCUT2D eigenvalue weighted by Crippen LogP contribution is 2.33. The van der Waals surface area contributed by atoms with E-state index in [1.165, 1.54) is 6.33 Å². The van der Waals surface area contributed by atoms with Gasteiger partial charge in [-0.1, -0.05) is 0 Å². The molecule has 0 saturated carbocycles. The lowest BCUT2D eigenvalue weighted by atomic mass is 10.5. The fourth-order valence-electron chi connectivity index (χ4n) is 1.61. The van der Waals surface area contributed by atoms with Gasteiger partial charge >= 0.3 is 7.60 Å². The van der Waals surface area contributed by atoms with Crippen LogP contribution < -0.4 is 11.3 Å². The van der Waals surface area contributed by atoms with Crippen molar-refractivity contribution in [2.24, 2.45) is 5.73 Å². The molecule has 0 radical (unpaired) electrons. The van der Waals surface area contributed by atoms with Crippen molar-refractivity contribution in [3.63, 3.8) is 0 Å². The highest BCUT2D eigenvalue weighted by atomic mass is 31.2. The van der Waals surface area contributed by atoms with Crippen LogP contribution in [0, 0.1) is 0 Å². The molecule has 20 heavy (non-hydrogen) atoms. The van der Waals surface area contributed by atoms with E-state index in [4.69, 9.17) is 20.3 Å². The molecule has 0 amide bonds. The van der Waals surface area contributed by atoms with Gasteiger partial charge in [-0.05, 0) is 0 Å². The van der Waals surface area contributed by atoms with E-state index < -0.39 is 13.9 Å². The minimum absolute atomic E-state index is 0.0585. The Balaban J connectivity index is 2.13. The van der Waals surface area contributed by atoms with Crippen LogP contribution in [0.25, 0.3) is 11.2 Å². The van der Waals surface area contributed by atoms with Gasteiger partial charge in [-0.2, -0.15) is 0 Å².